The van der Waals surface area contributed by atoms with Gasteiger partial charge in [0.15, 0.2) is 11.5 Å². The number of benzene rings is 3. The third kappa shape index (κ3) is 4.87. The van der Waals surface area contributed by atoms with Crippen molar-refractivity contribution < 1.29 is 23.0 Å². The first-order chi connectivity index (χ1) is 16.1. The second-order valence-electron chi connectivity index (χ2n) is 8.68. The molecule has 5 rings (SSSR count). The van der Waals surface area contributed by atoms with Gasteiger partial charge in [0.1, 0.15) is 24.3 Å². The van der Waals surface area contributed by atoms with Crippen LogP contribution in [0.4, 0.5) is 8.78 Å². The van der Waals surface area contributed by atoms with Gasteiger partial charge >= 0.3 is 0 Å². The van der Waals surface area contributed by atoms with Crippen LogP contribution in [0.25, 0.3) is 11.1 Å². The lowest BCUT2D eigenvalue weighted by Gasteiger charge is -2.21. The lowest BCUT2D eigenvalue weighted by molar-refractivity contribution is 0.137. The Kier molecular flexibility index (Phi) is 6.29. The first kappa shape index (κ1) is 21.9. The fourth-order valence-electron chi connectivity index (χ4n) is 4.49. The summed E-state index contributed by atoms with van der Waals surface area (Å²) in [5, 5.41) is 0. The molecule has 33 heavy (non-hydrogen) atoms. The summed E-state index contributed by atoms with van der Waals surface area (Å²) in [6, 6.07) is 16.2. The van der Waals surface area contributed by atoms with E-state index in [4.69, 9.17) is 14.2 Å². The van der Waals surface area contributed by atoms with Gasteiger partial charge in [-0.25, -0.2) is 8.78 Å². The molecule has 2 aliphatic heterocycles. The summed E-state index contributed by atoms with van der Waals surface area (Å²) in [5.74, 6) is 0.359. The Balaban J connectivity index is 1.50. The summed E-state index contributed by atoms with van der Waals surface area (Å²) < 4.78 is 45.6. The van der Waals surface area contributed by atoms with E-state index in [0.717, 1.165) is 40.7 Å². The van der Waals surface area contributed by atoms with Crippen molar-refractivity contribution in [2.75, 3.05) is 26.4 Å². The predicted molar refractivity (Wildman–Crippen MR) is 122 cm³/mol. The molecule has 1 atom stereocenters. The number of nitrogens with zero attached hydrogens (tertiary/aromatic N) is 1. The van der Waals surface area contributed by atoms with Crippen LogP contribution in [0.2, 0.25) is 0 Å². The molecule has 0 radical (unpaired) electrons. The van der Waals surface area contributed by atoms with Gasteiger partial charge in [0.25, 0.3) is 0 Å². The molecule has 2 heterocycles. The van der Waals surface area contributed by atoms with E-state index in [-0.39, 0.29) is 6.10 Å². The number of rotatable bonds is 5. The molecular weight excluding hydrogens is 424 g/mol. The highest BCUT2D eigenvalue weighted by molar-refractivity contribution is 5.72. The van der Waals surface area contributed by atoms with E-state index < -0.39 is 11.6 Å². The Morgan fingerprint density at radius 3 is 2.73 bits per heavy atom. The number of halogens is 2. The topological polar surface area (TPSA) is 30.9 Å². The molecule has 0 aromatic heterocycles. The standard InChI is InChI=1S/C27H27F2NO3/c1-18-4-2-3-5-24(18)20-12-21-16-30(15-19-6-7-22(28)14-25(19)29)9-11-32-27(21)26(13-20)33-23-8-10-31-17-23/h2-7,12-14,23H,8-11,15-17H2,1H3. The quantitative estimate of drug-likeness (QED) is 0.512. The Morgan fingerprint density at radius 1 is 1.06 bits per heavy atom. The van der Waals surface area contributed by atoms with Crippen molar-refractivity contribution >= 4 is 0 Å². The van der Waals surface area contributed by atoms with Crippen molar-refractivity contribution in [3.63, 3.8) is 0 Å². The average molecular weight is 452 g/mol. The maximum atomic E-state index is 14.3. The van der Waals surface area contributed by atoms with Crippen LogP contribution < -0.4 is 9.47 Å². The molecule has 6 heteroatoms. The highest BCUT2D eigenvalue weighted by Gasteiger charge is 2.25. The highest BCUT2D eigenvalue weighted by Crippen LogP contribution is 2.40. The molecule has 3 aromatic carbocycles. The second kappa shape index (κ2) is 9.49. The van der Waals surface area contributed by atoms with Crippen molar-refractivity contribution in [3.05, 3.63) is 82.9 Å². The van der Waals surface area contributed by atoms with Crippen molar-refractivity contribution in [2.24, 2.45) is 0 Å². The van der Waals surface area contributed by atoms with Gasteiger partial charge < -0.3 is 14.2 Å². The summed E-state index contributed by atoms with van der Waals surface area (Å²) in [5.41, 5.74) is 4.82. The van der Waals surface area contributed by atoms with E-state index in [1.165, 1.54) is 17.7 Å². The van der Waals surface area contributed by atoms with Gasteiger partial charge in [-0.15, -0.1) is 0 Å². The predicted octanol–water partition coefficient (Wildman–Crippen LogP) is 5.50. The third-order valence-electron chi connectivity index (χ3n) is 6.23. The van der Waals surface area contributed by atoms with Gasteiger partial charge in [0.05, 0.1) is 13.2 Å². The minimum atomic E-state index is -0.568. The lowest BCUT2D eigenvalue weighted by atomic mass is 9.97. The Morgan fingerprint density at radius 2 is 1.94 bits per heavy atom. The van der Waals surface area contributed by atoms with Gasteiger partial charge in [-0.05, 0) is 41.8 Å². The summed E-state index contributed by atoms with van der Waals surface area (Å²) in [6.45, 7) is 5.38. The lowest BCUT2D eigenvalue weighted by Crippen LogP contribution is -2.25. The van der Waals surface area contributed by atoms with Crippen molar-refractivity contribution in [1.82, 2.24) is 4.90 Å². The zero-order chi connectivity index (χ0) is 22.8. The molecule has 0 aliphatic carbocycles. The molecule has 3 aromatic rings. The van der Waals surface area contributed by atoms with E-state index >= 15 is 0 Å². The van der Waals surface area contributed by atoms with Crippen LogP contribution in [0.3, 0.4) is 0 Å². The normalized spacial score (nSPS) is 18.5. The van der Waals surface area contributed by atoms with Crippen molar-refractivity contribution in [2.45, 2.75) is 32.5 Å². The van der Waals surface area contributed by atoms with E-state index in [1.54, 1.807) is 0 Å². The number of hydrogen-bond donors (Lipinski definition) is 0. The van der Waals surface area contributed by atoms with Crippen LogP contribution in [-0.4, -0.2) is 37.4 Å². The summed E-state index contributed by atoms with van der Waals surface area (Å²) in [7, 11) is 0. The Labute approximate surface area is 192 Å². The maximum Gasteiger partial charge on any atom is 0.165 e. The van der Waals surface area contributed by atoms with Gasteiger partial charge in [0.2, 0.25) is 0 Å². The van der Waals surface area contributed by atoms with Gasteiger partial charge in [-0.2, -0.15) is 0 Å². The number of aryl methyl sites for hydroxylation is 1. The number of ether oxygens (including phenoxy) is 3. The van der Waals surface area contributed by atoms with E-state index in [2.05, 4.69) is 36.1 Å². The van der Waals surface area contributed by atoms with Crippen LogP contribution in [-0.2, 0) is 17.8 Å². The molecule has 172 valence electrons. The van der Waals surface area contributed by atoms with Crippen LogP contribution in [0.1, 0.15) is 23.1 Å². The molecule has 0 amide bonds. The molecule has 0 N–H and O–H groups in total. The minimum Gasteiger partial charge on any atom is -0.488 e. The van der Waals surface area contributed by atoms with E-state index in [9.17, 15) is 8.78 Å². The van der Waals surface area contributed by atoms with Crippen molar-refractivity contribution in [3.8, 4) is 22.6 Å². The molecule has 0 bridgehead atoms. The molecule has 2 aliphatic rings. The highest BCUT2D eigenvalue weighted by atomic mass is 19.1. The smallest absolute Gasteiger partial charge is 0.165 e. The molecule has 1 unspecified atom stereocenters. The van der Waals surface area contributed by atoms with E-state index in [0.29, 0.717) is 45.0 Å². The summed E-state index contributed by atoms with van der Waals surface area (Å²) in [4.78, 5) is 2.12. The van der Waals surface area contributed by atoms with Gasteiger partial charge in [0, 0.05) is 43.2 Å². The Bertz CT molecular complexity index is 1140. The first-order valence-corrected chi connectivity index (χ1v) is 11.3. The van der Waals surface area contributed by atoms with Crippen LogP contribution in [0.5, 0.6) is 11.5 Å². The fraction of sp³-hybridized carbons (Fsp3) is 0.333. The number of hydrogen-bond acceptors (Lipinski definition) is 4. The van der Waals surface area contributed by atoms with Gasteiger partial charge in [-0.1, -0.05) is 30.3 Å². The first-order valence-electron chi connectivity index (χ1n) is 11.3. The minimum absolute atomic E-state index is 0.00233. The second-order valence-corrected chi connectivity index (χ2v) is 8.68. The molecule has 1 fully saturated rings. The molecule has 4 nitrogen and oxygen atoms in total. The monoisotopic (exact) mass is 451 g/mol. The summed E-state index contributed by atoms with van der Waals surface area (Å²) in [6.07, 6.45) is 0.844. The van der Waals surface area contributed by atoms with E-state index in [1.807, 2.05) is 12.1 Å². The van der Waals surface area contributed by atoms with Gasteiger partial charge in [-0.3, -0.25) is 4.90 Å². The maximum absolute atomic E-state index is 14.3. The SMILES string of the molecule is Cc1ccccc1-c1cc2c(c(OC3CCOC3)c1)OCCN(Cc1ccc(F)cc1F)C2. The summed E-state index contributed by atoms with van der Waals surface area (Å²) >= 11 is 0. The fourth-order valence-corrected chi connectivity index (χ4v) is 4.49. The molecule has 0 spiro atoms. The number of fused-ring (bicyclic) bond motifs is 1. The zero-order valence-corrected chi connectivity index (χ0v) is 18.7. The largest absolute Gasteiger partial charge is 0.488 e. The molecular formula is C27H27F2NO3. The van der Waals surface area contributed by atoms with Crippen LogP contribution >= 0.6 is 0 Å². The Hall–Kier alpha value is -2.96. The van der Waals surface area contributed by atoms with Crippen LogP contribution in [0.15, 0.2) is 54.6 Å². The molecule has 1 saturated heterocycles. The average Bonchev–Trinajstić information content (AvgIpc) is 3.21. The third-order valence-corrected chi connectivity index (χ3v) is 6.23. The zero-order valence-electron chi connectivity index (χ0n) is 18.7. The molecule has 0 saturated carbocycles. The van der Waals surface area contributed by atoms with Crippen molar-refractivity contribution in [1.29, 1.82) is 0 Å². The van der Waals surface area contributed by atoms with Crippen LogP contribution in [0, 0.1) is 18.6 Å².